The van der Waals surface area contributed by atoms with Crippen molar-refractivity contribution >= 4 is 13.9 Å². The highest BCUT2D eigenvalue weighted by Crippen LogP contribution is 2.07. The van der Waals surface area contributed by atoms with Gasteiger partial charge in [0.1, 0.15) is 0 Å². The summed E-state index contributed by atoms with van der Waals surface area (Å²) in [5, 5.41) is 0. The first-order valence-corrected chi connectivity index (χ1v) is 10.9. The van der Waals surface area contributed by atoms with Gasteiger partial charge >= 0.3 is 0 Å². The van der Waals surface area contributed by atoms with Gasteiger partial charge in [-0.3, -0.25) is 4.79 Å². The second-order valence-corrected chi connectivity index (χ2v) is 11.1. The summed E-state index contributed by atoms with van der Waals surface area (Å²) in [6.07, 6.45) is 13.8. The predicted molar refractivity (Wildman–Crippen MR) is 84.6 cm³/mol. The van der Waals surface area contributed by atoms with Crippen LogP contribution in [0.15, 0.2) is 23.9 Å². The average Bonchev–Trinajstić information content (AvgIpc) is 2.28. The normalized spacial score (nSPS) is 12.7. The number of unbranched alkanes of at least 4 members (excludes halogenated alkanes) is 5. The summed E-state index contributed by atoms with van der Waals surface area (Å²) in [5.41, 5.74) is 2.25. The minimum Gasteiger partial charge on any atom is -0.295 e. The van der Waals surface area contributed by atoms with E-state index in [1.807, 2.05) is 12.2 Å². The number of carbonyl (C=O) groups excluding carboxylic acids is 1. The molecule has 0 bridgehead atoms. The SMILES string of the molecule is CCCCCCCCC(=O)/C=C/C=C/[Si](C)(C)C. The quantitative estimate of drug-likeness (QED) is 0.227. The Kier molecular flexibility index (Phi) is 9.94. The molecule has 104 valence electrons. The molecule has 0 unspecified atom stereocenters. The fourth-order valence-electron chi connectivity index (χ4n) is 1.67. The molecule has 18 heavy (non-hydrogen) atoms. The van der Waals surface area contributed by atoms with Gasteiger partial charge in [-0.1, -0.05) is 76.5 Å². The molecule has 0 aromatic rings. The van der Waals surface area contributed by atoms with Crippen molar-refractivity contribution in [1.82, 2.24) is 0 Å². The molecule has 0 saturated carbocycles. The van der Waals surface area contributed by atoms with Gasteiger partial charge in [0.25, 0.3) is 0 Å². The third-order valence-electron chi connectivity index (χ3n) is 2.77. The number of carbonyl (C=O) groups is 1. The van der Waals surface area contributed by atoms with E-state index in [-0.39, 0.29) is 5.78 Å². The fraction of sp³-hybridized carbons (Fsp3) is 0.688. The second kappa shape index (κ2) is 10.3. The maximum atomic E-state index is 11.5. The van der Waals surface area contributed by atoms with Crippen LogP contribution in [0.2, 0.25) is 19.6 Å². The molecule has 0 aromatic heterocycles. The van der Waals surface area contributed by atoms with Crippen LogP contribution in [0.3, 0.4) is 0 Å². The van der Waals surface area contributed by atoms with Gasteiger partial charge in [-0.15, -0.1) is 0 Å². The second-order valence-electron chi connectivity index (χ2n) is 6.07. The van der Waals surface area contributed by atoms with Gasteiger partial charge in [-0.05, 0) is 12.5 Å². The molecule has 0 aliphatic carbocycles. The summed E-state index contributed by atoms with van der Waals surface area (Å²) in [5.74, 6) is 0.269. The van der Waals surface area contributed by atoms with E-state index in [0.717, 1.165) is 6.42 Å². The van der Waals surface area contributed by atoms with Gasteiger partial charge in [0, 0.05) is 6.42 Å². The number of hydrogen-bond donors (Lipinski definition) is 0. The van der Waals surface area contributed by atoms with Crippen molar-refractivity contribution < 1.29 is 4.79 Å². The lowest BCUT2D eigenvalue weighted by Gasteiger charge is -2.06. The molecule has 0 fully saturated rings. The molecule has 0 aliphatic rings. The largest absolute Gasteiger partial charge is 0.295 e. The van der Waals surface area contributed by atoms with Crippen LogP contribution in [0.25, 0.3) is 0 Å². The number of allylic oxidation sites excluding steroid dienone is 3. The maximum Gasteiger partial charge on any atom is 0.155 e. The number of rotatable bonds is 10. The van der Waals surface area contributed by atoms with E-state index in [0.29, 0.717) is 6.42 Å². The first-order chi connectivity index (χ1) is 8.45. The smallest absolute Gasteiger partial charge is 0.155 e. The Morgan fingerprint density at radius 3 is 2.17 bits per heavy atom. The van der Waals surface area contributed by atoms with Gasteiger partial charge in [-0.25, -0.2) is 0 Å². The molecule has 0 heterocycles. The summed E-state index contributed by atoms with van der Waals surface area (Å²) >= 11 is 0. The molecule has 0 aromatic carbocycles. The third kappa shape index (κ3) is 13.4. The Morgan fingerprint density at radius 1 is 0.944 bits per heavy atom. The highest BCUT2D eigenvalue weighted by Gasteiger charge is 2.05. The summed E-state index contributed by atoms with van der Waals surface area (Å²) < 4.78 is 0. The van der Waals surface area contributed by atoms with Crippen molar-refractivity contribution in [3.63, 3.8) is 0 Å². The minimum atomic E-state index is -1.12. The molecular weight excluding hydrogens is 236 g/mol. The van der Waals surface area contributed by atoms with Crippen LogP contribution in [-0.4, -0.2) is 13.9 Å². The van der Waals surface area contributed by atoms with Gasteiger partial charge in [0.05, 0.1) is 8.07 Å². The van der Waals surface area contributed by atoms with E-state index >= 15 is 0 Å². The van der Waals surface area contributed by atoms with Crippen LogP contribution in [0.1, 0.15) is 51.9 Å². The van der Waals surface area contributed by atoms with Crippen LogP contribution in [0, 0.1) is 0 Å². The first-order valence-electron chi connectivity index (χ1n) is 7.34. The van der Waals surface area contributed by atoms with E-state index in [1.54, 1.807) is 6.08 Å². The minimum absolute atomic E-state index is 0.269. The average molecular weight is 267 g/mol. The van der Waals surface area contributed by atoms with Crippen LogP contribution in [-0.2, 0) is 4.79 Å². The summed E-state index contributed by atoms with van der Waals surface area (Å²) in [7, 11) is -1.12. The molecular formula is C16H30OSi. The molecule has 2 heteroatoms. The van der Waals surface area contributed by atoms with Crippen molar-refractivity contribution in [3.8, 4) is 0 Å². The van der Waals surface area contributed by atoms with Gasteiger partial charge in [0.2, 0.25) is 0 Å². The molecule has 0 spiro atoms. The lowest BCUT2D eigenvalue weighted by Crippen LogP contribution is -2.14. The van der Waals surface area contributed by atoms with E-state index in [1.165, 1.54) is 32.1 Å². The highest BCUT2D eigenvalue weighted by molar-refractivity contribution is 6.80. The summed E-state index contributed by atoms with van der Waals surface area (Å²) in [6, 6.07) is 0. The van der Waals surface area contributed by atoms with E-state index in [2.05, 4.69) is 32.3 Å². The Balaban J connectivity index is 3.59. The van der Waals surface area contributed by atoms with Crippen LogP contribution < -0.4 is 0 Å². The first kappa shape index (κ1) is 17.4. The molecule has 0 N–H and O–H groups in total. The van der Waals surface area contributed by atoms with Crippen molar-refractivity contribution in [1.29, 1.82) is 0 Å². The number of ketones is 1. The maximum absolute atomic E-state index is 11.5. The zero-order valence-corrected chi connectivity index (χ0v) is 13.7. The van der Waals surface area contributed by atoms with E-state index in [4.69, 9.17) is 0 Å². The van der Waals surface area contributed by atoms with Gasteiger partial charge < -0.3 is 0 Å². The molecule has 0 aliphatic heterocycles. The zero-order chi connectivity index (χ0) is 13.9. The Labute approximate surface area is 114 Å². The Morgan fingerprint density at radius 2 is 1.56 bits per heavy atom. The van der Waals surface area contributed by atoms with Crippen molar-refractivity contribution in [2.45, 2.75) is 71.5 Å². The summed E-state index contributed by atoms with van der Waals surface area (Å²) in [6.45, 7) is 9.09. The zero-order valence-electron chi connectivity index (χ0n) is 12.7. The van der Waals surface area contributed by atoms with E-state index in [9.17, 15) is 4.79 Å². The van der Waals surface area contributed by atoms with Crippen LogP contribution >= 0.6 is 0 Å². The molecule has 0 atom stereocenters. The van der Waals surface area contributed by atoms with Crippen LogP contribution in [0.5, 0.6) is 0 Å². The highest BCUT2D eigenvalue weighted by atomic mass is 28.3. The Hall–Kier alpha value is -0.633. The van der Waals surface area contributed by atoms with Gasteiger partial charge in [-0.2, -0.15) is 0 Å². The van der Waals surface area contributed by atoms with Crippen molar-refractivity contribution in [2.75, 3.05) is 0 Å². The number of hydrogen-bond acceptors (Lipinski definition) is 1. The van der Waals surface area contributed by atoms with Gasteiger partial charge in [0.15, 0.2) is 5.78 Å². The predicted octanol–water partition coefficient (Wildman–Crippen LogP) is 5.30. The molecule has 0 radical (unpaired) electrons. The van der Waals surface area contributed by atoms with Crippen molar-refractivity contribution in [2.24, 2.45) is 0 Å². The summed E-state index contributed by atoms with van der Waals surface area (Å²) in [4.78, 5) is 11.5. The lowest BCUT2D eigenvalue weighted by atomic mass is 10.1. The monoisotopic (exact) mass is 266 g/mol. The van der Waals surface area contributed by atoms with Crippen LogP contribution in [0.4, 0.5) is 0 Å². The topological polar surface area (TPSA) is 17.1 Å². The lowest BCUT2D eigenvalue weighted by molar-refractivity contribution is -0.114. The molecule has 0 saturated heterocycles. The standard InChI is InChI=1S/C16H30OSi/c1-5-6-7-8-9-10-13-16(17)14-11-12-15-18(2,3)4/h11-12,14-15H,5-10,13H2,1-4H3/b14-11+,15-12+. The molecule has 0 rings (SSSR count). The fourth-order valence-corrected chi connectivity index (χ4v) is 2.36. The third-order valence-corrected chi connectivity index (χ3v) is 3.96. The molecule has 0 amide bonds. The Bertz CT molecular complexity index is 271. The molecule has 1 nitrogen and oxygen atoms in total. The van der Waals surface area contributed by atoms with E-state index < -0.39 is 8.07 Å². The van der Waals surface area contributed by atoms with Crippen molar-refractivity contribution in [3.05, 3.63) is 23.9 Å².